The molecule has 0 N–H and O–H groups in total. The minimum absolute atomic E-state index is 0. The van der Waals surface area contributed by atoms with Gasteiger partial charge in [0.25, 0.3) is 0 Å². The molecule has 0 saturated carbocycles. The van der Waals surface area contributed by atoms with Crippen molar-refractivity contribution in [1.29, 1.82) is 0 Å². The summed E-state index contributed by atoms with van der Waals surface area (Å²) in [4.78, 5) is 15.0. The first-order chi connectivity index (χ1) is 11.0. The highest BCUT2D eigenvalue weighted by atomic mass is 35.5. The van der Waals surface area contributed by atoms with Crippen molar-refractivity contribution in [3.05, 3.63) is 38.2 Å². The average molecular weight is 407 g/mol. The van der Waals surface area contributed by atoms with Crippen LogP contribution < -0.4 is 0 Å². The van der Waals surface area contributed by atoms with E-state index in [9.17, 15) is 4.79 Å². The maximum Gasteiger partial charge on any atom is 0.349 e. The molecule has 1 aliphatic rings. The van der Waals surface area contributed by atoms with Gasteiger partial charge in [-0.05, 0) is 49.7 Å². The second-order valence-corrected chi connectivity index (χ2v) is 7.44. The zero-order valence-corrected chi connectivity index (χ0v) is 16.5. The number of carbonyl (C=O) groups excluding carboxylic acids is 1. The van der Waals surface area contributed by atoms with Gasteiger partial charge in [0.2, 0.25) is 0 Å². The van der Waals surface area contributed by atoms with Crippen molar-refractivity contribution in [2.45, 2.75) is 19.9 Å². The molecule has 0 amide bonds. The van der Waals surface area contributed by atoms with Crippen LogP contribution in [0.15, 0.2) is 17.2 Å². The zero-order valence-electron chi connectivity index (χ0n) is 13.4. The van der Waals surface area contributed by atoms with Crippen molar-refractivity contribution < 1.29 is 9.53 Å². The lowest BCUT2D eigenvalue weighted by Crippen LogP contribution is -2.18. The van der Waals surface area contributed by atoms with Gasteiger partial charge < -0.3 is 9.64 Å². The minimum atomic E-state index is -0.487. The molecule has 1 aromatic heterocycles. The summed E-state index contributed by atoms with van der Waals surface area (Å²) in [7, 11) is 2.09. The molecule has 1 aliphatic heterocycles. The number of halogens is 3. The molecule has 0 aliphatic carbocycles. The van der Waals surface area contributed by atoms with Gasteiger partial charge in [-0.2, -0.15) is 0 Å². The van der Waals surface area contributed by atoms with Crippen LogP contribution in [0.4, 0.5) is 0 Å². The molecule has 0 atom stereocenters. The number of likely N-dealkylation sites (N-methyl/N-ethyl adjacent to an activating group) is 1. The number of hydrogen-bond donors (Lipinski definition) is 0. The highest BCUT2D eigenvalue weighted by Crippen LogP contribution is 2.40. The van der Waals surface area contributed by atoms with Gasteiger partial charge in [0, 0.05) is 33.1 Å². The van der Waals surface area contributed by atoms with Gasteiger partial charge in [-0.1, -0.05) is 23.2 Å². The van der Waals surface area contributed by atoms with Gasteiger partial charge in [0.15, 0.2) is 0 Å². The van der Waals surface area contributed by atoms with Gasteiger partial charge in [-0.3, -0.25) is 0 Å². The molecular weight excluding hydrogens is 389 g/mol. The number of hydrogen-bond acceptors (Lipinski definition) is 4. The van der Waals surface area contributed by atoms with Crippen LogP contribution >= 0.6 is 46.9 Å². The topological polar surface area (TPSA) is 29.5 Å². The van der Waals surface area contributed by atoms with Crippen LogP contribution in [-0.2, 0) is 22.5 Å². The Morgan fingerprint density at radius 2 is 2.17 bits per heavy atom. The third kappa shape index (κ3) is 3.73. The van der Waals surface area contributed by atoms with E-state index in [1.165, 1.54) is 21.2 Å². The van der Waals surface area contributed by atoms with Crippen LogP contribution in [0, 0.1) is 0 Å². The first-order valence-electron chi connectivity index (χ1n) is 7.47. The number of nitrogens with zero attached hydrogens (tertiary/aromatic N) is 1. The second kappa shape index (κ2) is 8.07. The Hall–Kier alpha value is -0.780. The molecule has 0 saturated heterocycles. The predicted octanol–water partition coefficient (Wildman–Crippen LogP) is 5.11. The van der Waals surface area contributed by atoms with Crippen molar-refractivity contribution in [1.82, 2.24) is 4.90 Å². The van der Waals surface area contributed by atoms with E-state index >= 15 is 0 Å². The Kier molecular flexibility index (Phi) is 6.57. The number of ether oxygens (including phenoxy) is 1. The summed E-state index contributed by atoms with van der Waals surface area (Å²) in [6, 6.07) is 3.99. The van der Waals surface area contributed by atoms with E-state index < -0.39 is 5.97 Å². The summed E-state index contributed by atoms with van der Waals surface area (Å²) in [6.07, 6.45) is 2.64. The highest BCUT2D eigenvalue weighted by Gasteiger charge is 2.22. The number of esters is 1. The number of carbonyl (C=O) groups is 1. The molecule has 0 spiro atoms. The van der Waals surface area contributed by atoms with Gasteiger partial charge in [-0.15, -0.1) is 23.7 Å². The summed E-state index contributed by atoms with van der Waals surface area (Å²) in [5, 5.41) is 2.12. The molecule has 130 valence electrons. The Labute approximate surface area is 161 Å². The third-order valence-electron chi connectivity index (χ3n) is 3.94. The predicted molar refractivity (Wildman–Crippen MR) is 105 cm³/mol. The van der Waals surface area contributed by atoms with Crippen molar-refractivity contribution in [3.63, 3.8) is 0 Å². The summed E-state index contributed by atoms with van der Waals surface area (Å²) in [6.45, 7) is 3.84. The monoisotopic (exact) mass is 405 g/mol. The molecule has 7 heteroatoms. The fourth-order valence-corrected chi connectivity index (χ4v) is 4.53. The van der Waals surface area contributed by atoms with E-state index in [4.69, 9.17) is 27.9 Å². The molecule has 0 radical (unpaired) electrons. The molecular formula is C17H18Cl3NO2S. The molecule has 2 heterocycles. The van der Waals surface area contributed by atoms with E-state index in [1.807, 2.05) is 12.1 Å². The first-order valence-corrected chi connectivity index (χ1v) is 9.04. The van der Waals surface area contributed by atoms with Gasteiger partial charge in [0.05, 0.1) is 6.61 Å². The highest BCUT2D eigenvalue weighted by molar-refractivity contribution is 7.20. The zero-order chi connectivity index (χ0) is 16.6. The Bertz CT molecular complexity index is 801. The van der Waals surface area contributed by atoms with E-state index in [2.05, 4.69) is 11.9 Å². The summed E-state index contributed by atoms with van der Waals surface area (Å²) in [5.74, 6) is -0.487. The third-order valence-corrected chi connectivity index (χ3v) is 5.70. The smallest absolute Gasteiger partial charge is 0.349 e. The maximum atomic E-state index is 11.8. The van der Waals surface area contributed by atoms with Crippen molar-refractivity contribution in [3.8, 4) is 0 Å². The van der Waals surface area contributed by atoms with Crippen LogP contribution in [-0.4, -0.2) is 31.1 Å². The Balaban J connectivity index is 0.00000208. The molecule has 1 aromatic carbocycles. The Morgan fingerprint density at radius 3 is 2.88 bits per heavy atom. The van der Waals surface area contributed by atoms with Gasteiger partial charge in [0.1, 0.15) is 5.03 Å². The molecule has 24 heavy (non-hydrogen) atoms. The van der Waals surface area contributed by atoms with Crippen LogP contribution in [0.2, 0.25) is 5.02 Å². The lowest BCUT2D eigenvalue weighted by atomic mass is 10.0. The second-order valence-electron chi connectivity index (χ2n) is 5.54. The van der Waals surface area contributed by atoms with Crippen molar-refractivity contribution in [2.24, 2.45) is 0 Å². The van der Waals surface area contributed by atoms with Crippen molar-refractivity contribution >= 4 is 69.1 Å². The molecule has 0 unspecified atom stereocenters. The van der Waals surface area contributed by atoms with E-state index in [1.54, 1.807) is 24.3 Å². The minimum Gasteiger partial charge on any atom is -0.462 e. The van der Waals surface area contributed by atoms with E-state index in [0.29, 0.717) is 6.61 Å². The largest absolute Gasteiger partial charge is 0.462 e. The lowest BCUT2D eigenvalue weighted by Gasteiger charge is -2.13. The summed E-state index contributed by atoms with van der Waals surface area (Å²) >= 11 is 14.2. The van der Waals surface area contributed by atoms with Gasteiger partial charge in [-0.25, -0.2) is 4.79 Å². The Morgan fingerprint density at radius 1 is 1.42 bits per heavy atom. The number of thiophene rings is 1. The number of benzene rings is 1. The quantitative estimate of drug-likeness (QED) is 0.524. The molecule has 3 nitrogen and oxygen atoms in total. The van der Waals surface area contributed by atoms with Crippen LogP contribution in [0.1, 0.15) is 22.9 Å². The summed E-state index contributed by atoms with van der Waals surface area (Å²) < 4.78 is 6.14. The van der Waals surface area contributed by atoms with E-state index in [-0.39, 0.29) is 17.4 Å². The number of rotatable bonds is 3. The van der Waals surface area contributed by atoms with Gasteiger partial charge >= 0.3 is 5.97 Å². The molecule has 0 fully saturated rings. The van der Waals surface area contributed by atoms with Crippen LogP contribution in [0.5, 0.6) is 0 Å². The first kappa shape index (κ1) is 19.5. The summed E-state index contributed by atoms with van der Waals surface area (Å²) in [5.41, 5.74) is 2.37. The fourth-order valence-electron chi connectivity index (χ4n) is 2.86. The SMILES string of the molecule is CCOC(=O)/C(Cl)=C/c1sc2ccc(Cl)c3c2c1CN(C)CC3.Cl. The molecule has 0 bridgehead atoms. The normalized spacial score (nSPS) is 15.1. The average Bonchev–Trinajstić information content (AvgIpc) is 2.73. The standard InChI is InChI=1S/C17H17Cl2NO2S.ClH/c1-3-22-17(21)13(19)8-15-11-9-20(2)7-6-10-12(18)4-5-14(23-15)16(10)11;/h4-5,8H,3,6-7,9H2,1-2H3;1H/b13-8-;. The van der Waals surface area contributed by atoms with Crippen LogP contribution in [0.3, 0.4) is 0 Å². The van der Waals surface area contributed by atoms with Crippen molar-refractivity contribution in [2.75, 3.05) is 20.2 Å². The fraction of sp³-hybridized carbons (Fsp3) is 0.353. The van der Waals surface area contributed by atoms with Crippen LogP contribution in [0.25, 0.3) is 16.2 Å². The molecule has 3 rings (SSSR count). The lowest BCUT2D eigenvalue weighted by molar-refractivity contribution is -0.137. The molecule has 2 aromatic rings. The van der Waals surface area contributed by atoms with E-state index in [0.717, 1.165) is 29.4 Å². The maximum absolute atomic E-state index is 11.8.